The third kappa shape index (κ3) is 2.37. The van der Waals surface area contributed by atoms with E-state index in [9.17, 15) is 0 Å². The monoisotopic (exact) mass is 263 g/mol. The lowest BCUT2D eigenvalue weighted by molar-refractivity contribution is 0.581. The molecule has 18 heavy (non-hydrogen) atoms. The first kappa shape index (κ1) is 11.3. The summed E-state index contributed by atoms with van der Waals surface area (Å²) in [7, 11) is 0. The van der Waals surface area contributed by atoms with E-state index in [1.54, 1.807) is 6.20 Å². The normalized spacial score (nSPS) is 19.3. The van der Waals surface area contributed by atoms with Crippen molar-refractivity contribution >= 4 is 22.3 Å². The number of nitrogens with zero attached hydrogens (tertiary/aromatic N) is 6. The summed E-state index contributed by atoms with van der Waals surface area (Å²) in [5.74, 6) is 1.41. The highest BCUT2D eigenvalue weighted by molar-refractivity contribution is 7.15. The molecule has 0 aromatic carbocycles. The average Bonchev–Trinajstić information content (AvgIpc) is 3.01. The molecule has 0 radical (unpaired) electrons. The SMILES string of the molecule is Nc1nnc(C[C@@H]2CCN(c3cncnn3)C2)s1. The first-order valence-electron chi connectivity index (χ1n) is 5.77. The molecule has 2 aromatic rings. The van der Waals surface area contributed by atoms with E-state index in [4.69, 9.17) is 5.73 Å². The first-order chi connectivity index (χ1) is 8.81. The van der Waals surface area contributed by atoms with Gasteiger partial charge >= 0.3 is 0 Å². The number of aromatic nitrogens is 5. The topological polar surface area (TPSA) is 93.7 Å². The molecule has 2 N–H and O–H groups in total. The third-order valence-electron chi connectivity index (χ3n) is 3.02. The molecule has 8 heteroatoms. The Labute approximate surface area is 108 Å². The Morgan fingerprint density at radius 3 is 3.06 bits per heavy atom. The maximum Gasteiger partial charge on any atom is 0.203 e. The fraction of sp³-hybridized carbons (Fsp3) is 0.500. The minimum absolute atomic E-state index is 0.540. The molecular formula is C10H13N7S. The molecule has 0 amide bonds. The van der Waals surface area contributed by atoms with Crippen LogP contribution in [0.4, 0.5) is 10.9 Å². The Hall–Kier alpha value is -1.83. The van der Waals surface area contributed by atoms with Crippen molar-refractivity contribution in [3.63, 3.8) is 0 Å². The molecule has 0 bridgehead atoms. The van der Waals surface area contributed by atoms with Gasteiger partial charge in [-0.3, -0.25) is 0 Å². The van der Waals surface area contributed by atoms with Crippen LogP contribution in [0.25, 0.3) is 0 Å². The van der Waals surface area contributed by atoms with Crippen LogP contribution in [0.15, 0.2) is 12.5 Å². The van der Waals surface area contributed by atoms with Crippen LogP contribution in [0.3, 0.4) is 0 Å². The molecule has 3 heterocycles. The van der Waals surface area contributed by atoms with E-state index in [1.807, 2.05) is 0 Å². The van der Waals surface area contributed by atoms with E-state index < -0.39 is 0 Å². The molecule has 0 unspecified atom stereocenters. The Bertz CT molecular complexity index is 514. The second-order valence-corrected chi connectivity index (χ2v) is 5.40. The van der Waals surface area contributed by atoms with Crippen LogP contribution in [0, 0.1) is 5.92 Å². The van der Waals surface area contributed by atoms with Gasteiger partial charge in [-0.15, -0.1) is 20.4 Å². The maximum atomic E-state index is 5.58. The quantitative estimate of drug-likeness (QED) is 0.855. The molecule has 7 nitrogen and oxygen atoms in total. The van der Waals surface area contributed by atoms with E-state index in [-0.39, 0.29) is 0 Å². The fourth-order valence-electron chi connectivity index (χ4n) is 2.19. The van der Waals surface area contributed by atoms with Gasteiger partial charge in [0.2, 0.25) is 5.13 Å². The van der Waals surface area contributed by atoms with E-state index in [0.29, 0.717) is 11.0 Å². The van der Waals surface area contributed by atoms with Gasteiger partial charge in [0, 0.05) is 19.5 Å². The summed E-state index contributed by atoms with van der Waals surface area (Å²) in [5, 5.41) is 17.3. The summed E-state index contributed by atoms with van der Waals surface area (Å²) in [6, 6.07) is 0. The number of hydrogen-bond donors (Lipinski definition) is 1. The molecule has 2 aromatic heterocycles. The predicted molar refractivity (Wildman–Crippen MR) is 68.2 cm³/mol. The summed E-state index contributed by atoms with van der Waals surface area (Å²) in [4.78, 5) is 6.19. The minimum atomic E-state index is 0.540. The van der Waals surface area contributed by atoms with E-state index in [2.05, 4.69) is 30.3 Å². The van der Waals surface area contributed by atoms with Crippen LogP contribution in [-0.2, 0) is 6.42 Å². The van der Waals surface area contributed by atoms with Gasteiger partial charge < -0.3 is 10.6 Å². The first-order valence-corrected chi connectivity index (χ1v) is 6.58. The number of hydrogen-bond acceptors (Lipinski definition) is 8. The Kier molecular flexibility index (Phi) is 3.01. The molecular weight excluding hydrogens is 250 g/mol. The molecule has 0 spiro atoms. The summed E-state index contributed by atoms with van der Waals surface area (Å²) in [6.07, 6.45) is 5.24. The fourth-order valence-corrected chi connectivity index (χ4v) is 2.91. The Morgan fingerprint density at radius 2 is 2.33 bits per heavy atom. The van der Waals surface area contributed by atoms with E-state index in [0.717, 1.165) is 36.8 Å². The zero-order valence-electron chi connectivity index (χ0n) is 9.73. The highest BCUT2D eigenvalue weighted by Crippen LogP contribution is 2.25. The molecule has 0 aliphatic carbocycles. The number of nitrogens with two attached hydrogens (primary N) is 1. The number of nitrogen functional groups attached to an aromatic ring is 1. The third-order valence-corrected chi connectivity index (χ3v) is 3.80. The van der Waals surface area contributed by atoms with Crippen LogP contribution < -0.4 is 10.6 Å². The standard InChI is InChI=1S/C10H13N7S/c11-10-16-15-9(18-10)3-7-1-2-17(5-7)8-4-12-6-13-14-8/h4,6-7H,1-3,5H2,(H2,11,16)/t7-/m0/s1. The van der Waals surface area contributed by atoms with Crippen molar-refractivity contribution in [2.75, 3.05) is 23.7 Å². The van der Waals surface area contributed by atoms with Crippen molar-refractivity contribution in [2.24, 2.45) is 5.92 Å². The van der Waals surface area contributed by atoms with Crippen molar-refractivity contribution < 1.29 is 0 Å². The van der Waals surface area contributed by atoms with Crippen molar-refractivity contribution in [1.29, 1.82) is 0 Å². The Balaban J connectivity index is 1.62. The van der Waals surface area contributed by atoms with Crippen molar-refractivity contribution in [3.8, 4) is 0 Å². The largest absolute Gasteiger partial charge is 0.374 e. The summed E-state index contributed by atoms with van der Waals surface area (Å²) in [6.45, 7) is 1.94. The van der Waals surface area contributed by atoms with Gasteiger partial charge in [-0.05, 0) is 12.3 Å². The van der Waals surface area contributed by atoms with Gasteiger partial charge in [-0.2, -0.15) is 0 Å². The second-order valence-electron chi connectivity index (χ2n) is 4.31. The highest BCUT2D eigenvalue weighted by Gasteiger charge is 2.25. The molecule has 1 fully saturated rings. The predicted octanol–water partition coefficient (Wildman–Crippen LogP) is 0.374. The van der Waals surface area contributed by atoms with Crippen LogP contribution in [0.1, 0.15) is 11.4 Å². The molecule has 1 atom stereocenters. The van der Waals surface area contributed by atoms with Crippen LogP contribution >= 0.6 is 11.3 Å². The van der Waals surface area contributed by atoms with Gasteiger partial charge in [-0.1, -0.05) is 11.3 Å². The number of rotatable bonds is 3. The summed E-state index contributed by atoms with van der Waals surface area (Å²) < 4.78 is 0. The summed E-state index contributed by atoms with van der Waals surface area (Å²) in [5.41, 5.74) is 5.58. The van der Waals surface area contributed by atoms with Crippen molar-refractivity contribution in [3.05, 3.63) is 17.5 Å². The lowest BCUT2D eigenvalue weighted by atomic mass is 10.1. The molecule has 94 valence electrons. The summed E-state index contributed by atoms with van der Waals surface area (Å²) >= 11 is 1.47. The van der Waals surface area contributed by atoms with Crippen LogP contribution in [-0.4, -0.2) is 38.5 Å². The minimum Gasteiger partial charge on any atom is -0.374 e. The molecule has 1 saturated heterocycles. The highest BCUT2D eigenvalue weighted by atomic mass is 32.1. The lowest BCUT2D eigenvalue weighted by Crippen LogP contribution is -2.21. The zero-order chi connectivity index (χ0) is 12.4. The van der Waals surface area contributed by atoms with Crippen LogP contribution in [0.2, 0.25) is 0 Å². The molecule has 3 rings (SSSR count). The molecule has 1 aliphatic rings. The van der Waals surface area contributed by atoms with Gasteiger partial charge in [0.25, 0.3) is 0 Å². The van der Waals surface area contributed by atoms with Gasteiger partial charge in [0.1, 0.15) is 11.3 Å². The van der Waals surface area contributed by atoms with Crippen LogP contribution in [0.5, 0.6) is 0 Å². The van der Waals surface area contributed by atoms with Gasteiger partial charge in [0.05, 0.1) is 6.20 Å². The molecule has 1 aliphatic heterocycles. The van der Waals surface area contributed by atoms with Gasteiger partial charge in [0.15, 0.2) is 5.82 Å². The van der Waals surface area contributed by atoms with E-state index >= 15 is 0 Å². The lowest BCUT2D eigenvalue weighted by Gasteiger charge is -2.15. The van der Waals surface area contributed by atoms with Gasteiger partial charge in [-0.25, -0.2) is 4.98 Å². The average molecular weight is 263 g/mol. The molecule has 0 saturated carbocycles. The van der Waals surface area contributed by atoms with E-state index in [1.165, 1.54) is 17.7 Å². The zero-order valence-corrected chi connectivity index (χ0v) is 10.5. The van der Waals surface area contributed by atoms with Crippen molar-refractivity contribution in [1.82, 2.24) is 25.4 Å². The Morgan fingerprint density at radius 1 is 1.39 bits per heavy atom. The van der Waals surface area contributed by atoms with Crippen molar-refractivity contribution in [2.45, 2.75) is 12.8 Å². The number of anilines is 2. The maximum absolute atomic E-state index is 5.58. The smallest absolute Gasteiger partial charge is 0.203 e. The second kappa shape index (κ2) is 4.81.